The van der Waals surface area contributed by atoms with Gasteiger partial charge in [0.05, 0.1) is 5.52 Å². The van der Waals surface area contributed by atoms with Crippen molar-refractivity contribution in [3.05, 3.63) is 83.7 Å². The first-order chi connectivity index (χ1) is 12.6. The zero-order chi connectivity index (χ0) is 18.1. The summed E-state index contributed by atoms with van der Waals surface area (Å²) >= 11 is 0. The maximum absolute atomic E-state index is 13.3. The molecule has 0 aliphatic carbocycles. The van der Waals surface area contributed by atoms with Gasteiger partial charge >= 0.3 is 0 Å². The highest BCUT2D eigenvalue weighted by Gasteiger charge is 2.12. The fourth-order valence-electron chi connectivity index (χ4n) is 2.93. The lowest BCUT2D eigenvalue weighted by atomic mass is 10.0. The van der Waals surface area contributed by atoms with Crippen LogP contribution in [-0.4, -0.2) is 16.1 Å². The lowest BCUT2D eigenvalue weighted by molar-refractivity contribution is 0.102. The van der Waals surface area contributed by atoms with Crippen molar-refractivity contribution in [3.63, 3.8) is 0 Å². The molecule has 0 aliphatic heterocycles. The third kappa shape index (κ3) is 3.07. The molecule has 0 saturated carbocycles. The van der Waals surface area contributed by atoms with Crippen LogP contribution in [-0.2, 0) is 0 Å². The van der Waals surface area contributed by atoms with Crippen molar-refractivity contribution >= 4 is 22.6 Å². The largest absolute Gasteiger partial charge is 0.305 e. The van der Waals surface area contributed by atoms with Gasteiger partial charge in [-0.2, -0.15) is 5.10 Å². The van der Waals surface area contributed by atoms with Gasteiger partial charge in [0.2, 0.25) is 0 Å². The molecule has 128 valence electrons. The topological polar surface area (TPSA) is 57.8 Å². The summed E-state index contributed by atoms with van der Waals surface area (Å²) in [4.78, 5) is 12.3. The number of hydrogen-bond donors (Lipinski definition) is 2. The predicted octanol–water partition coefficient (Wildman–Crippen LogP) is 4.93. The molecule has 2 N–H and O–H groups in total. The molecule has 0 atom stereocenters. The van der Waals surface area contributed by atoms with E-state index in [0.717, 1.165) is 22.0 Å². The van der Waals surface area contributed by atoms with Crippen molar-refractivity contribution in [2.45, 2.75) is 6.92 Å². The molecule has 0 radical (unpaired) electrons. The van der Waals surface area contributed by atoms with Crippen LogP contribution < -0.4 is 5.32 Å². The number of carbonyl (C=O) groups is 1. The molecule has 1 amide bonds. The van der Waals surface area contributed by atoms with Gasteiger partial charge in [-0.1, -0.05) is 42.0 Å². The third-order valence-corrected chi connectivity index (χ3v) is 4.23. The molecule has 0 saturated heterocycles. The van der Waals surface area contributed by atoms with Crippen molar-refractivity contribution in [2.24, 2.45) is 0 Å². The summed E-state index contributed by atoms with van der Waals surface area (Å²) < 4.78 is 13.3. The first kappa shape index (κ1) is 16.0. The standard InChI is InChI=1S/C21H16FN3O/c1-13-4-2-5-14(10-13)15-8-9-18-19(12-15)24-25-20(18)23-21(26)16-6-3-7-17(22)11-16/h2-12H,1H3,(H2,23,24,25,26). The quantitative estimate of drug-likeness (QED) is 0.553. The zero-order valence-corrected chi connectivity index (χ0v) is 14.1. The van der Waals surface area contributed by atoms with Crippen molar-refractivity contribution in [1.82, 2.24) is 10.2 Å². The van der Waals surface area contributed by atoms with Gasteiger partial charge in [-0.15, -0.1) is 0 Å². The molecule has 1 aromatic heterocycles. The number of fused-ring (bicyclic) bond motifs is 1. The van der Waals surface area contributed by atoms with Crippen molar-refractivity contribution in [3.8, 4) is 11.1 Å². The number of carbonyl (C=O) groups excluding carboxylic acids is 1. The maximum atomic E-state index is 13.3. The molecule has 0 unspecified atom stereocenters. The molecule has 4 rings (SSSR count). The second-order valence-corrected chi connectivity index (χ2v) is 6.17. The van der Waals surface area contributed by atoms with Crippen molar-refractivity contribution in [1.29, 1.82) is 0 Å². The minimum absolute atomic E-state index is 0.248. The summed E-state index contributed by atoms with van der Waals surface area (Å²) in [6, 6.07) is 19.7. The van der Waals surface area contributed by atoms with Crippen molar-refractivity contribution < 1.29 is 9.18 Å². The van der Waals surface area contributed by atoms with Gasteiger partial charge in [-0.25, -0.2) is 4.39 Å². The van der Waals surface area contributed by atoms with Crippen LogP contribution in [0.15, 0.2) is 66.7 Å². The highest BCUT2D eigenvalue weighted by Crippen LogP contribution is 2.27. The number of aryl methyl sites for hydroxylation is 1. The number of aromatic nitrogens is 2. The van der Waals surface area contributed by atoms with Crippen LogP contribution in [0.4, 0.5) is 10.2 Å². The summed E-state index contributed by atoms with van der Waals surface area (Å²) in [6.45, 7) is 2.05. The predicted molar refractivity (Wildman–Crippen MR) is 101 cm³/mol. The molecule has 1 heterocycles. The van der Waals surface area contributed by atoms with Crippen LogP contribution in [0.1, 0.15) is 15.9 Å². The highest BCUT2D eigenvalue weighted by atomic mass is 19.1. The molecule has 0 bridgehead atoms. The van der Waals surface area contributed by atoms with E-state index in [0.29, 0.717) is 5.82 Å². The number of nitrogens with one attached hydrogen (secondary N) is 2. The van der Waals surface area contributed by atoms with E-state index in [4.69, 9.17) is 0 Å². The Hall–Kier alpha value is -3.47. The van der Waals surface area contributed by atoms with E-state index in [1.165, 1.54) is 23.8 Å². The average Bonchev–Trinajstić information content (AvgIpc) is 3.04. The number of nitrogens with zero attached hydrogens (tertiary/aromatic N) is 1. The normalized spacial score (nSPS) is 10.8. The fourth-order valence-corrected chi connectivity index (χ4v) is 2.93. The van der Waals surface area contributed by atoms with Crippen LogP contribution in [0.25, 0.3) is 22.0 Å². The molecule has 5 heteroatoms. The van der Waals surface area contributed by atoms with Gasteiger partial charge < -0.3 is 5.32 Å². The van der Waals surface area contributed by atoms with E-state index in [1.807, 2.05) is 24.3 Å². The Kier molecular flexibility index (Phi) is 3.97. The first-order valence-corrected chi connectivity index (χ1v) is 8.22. The highest BCUT2D eigenvalue weighted by molar-refractivity contribution is 6.08. The van der Waals surface area contributed by atoms with Gasteiger partial charge in [0, 0.05) is 10.9 Å². The number of anilines is 1. The number of halogens is 1. The van der Waals surface area contributed by atoms with Gasteiger partial charge in [0.25, 0.3) is 5.91 Å². The summed E-state index contributed by atoms with van der Waals surface area (Å²) in [5.74, 6) is -0.432. The molecular weight excluding hydrogens is 329 g/mol. The number of amides is 1. The summed E-state index contributed by atoms with van der Waals surface area (Å²) in [6.07, 6.45) is 0. The molecule has 0 fully saturated rings. The number of rotatable bonds is 3. The smallest absolute Gasteiger partial charge is 0.256 e. The summed E-state index contributed by atoms with van der Waals surface area (Å²) in [5, 5.41) is 10.7. The van der Waals surface area contributed by atoms with Gasteiger partial charge in [-0.3, -0.25) is 9.89 Å². The number of aromatic amines is 1. The van der Waals surface area contributed by atoms with Gasteiger partial charge in [0.15, 0.2) is 5.82 Å². The second-order valence-electron chi connectivity index (χ2n) is 6.17. The molecule has 0 spiro atoms. The Morgan fingerprint density at radius 2 is 1.81 bits per heavy atom. The number of H-pyrrole nitrogens is 1. The van der Waals surface area contributed by atoms with Crippen LogP contribution >= 0.6 is 0 Å². The molecule has 0 aliphatic rings. The lowest BCUT2D eigenvalue weighted by Crippen LogP contribution is -2.12. The Morgan fingerprint density at radius 1 is 1.00 bits per heavy atom. The minimum atomic E-state index is -0.452. The fraction of sp³-hybridized carbons (Fsp3) is 0.0476. The third-order valence-electron chi connectivity index (χ3n) is 4.23. The Labute approximate surface area is 149 Å². The molecule has 3 aromatic carbocycles. The molecule has 4 aromatic rings. The Morgan fingerprint density at radius 3 is 2.62 bits per heavy atom. The summed E-state index contributed by atoms with van der Waals surface area (Å²) in [7, 11) is 0. The Balaban J connectivity index is 1.64. The van der Waals surface area contributed by atoms with Crippen molar-refractivity contribution in [2.75, 3.05) is 5.32 Å². The van der Waals surface area contributed by atoms with Gasteiger partial charge in [-0.05, 0) is 48.4 Å². The zero-order valence-electron chi connectivity index (χ0n) is 14.1. The van der Waals surface area contributed by atoms with Crippen LogP contribution in [0, 0.1) is 12.7 Å². The summed E-state index contributed by atoms with van der Waals surface area (Å²) in [5.41, 5.74) is 4.44. The van der Waals surface area contributed by atoms with E-state index in [1.54, 1.807) is 6.07 Å². The maximum Gasteiger partial charge on any atom is 0.256 e. The molecule has 26 heavy (non-hydrogen) atoms. The number of hydrogen-bond acceptors (Lipinski definition) is 2. The lowest BCUT2D eigenvalue weighted by Gasteiger charge is -2.05. The molecule has 4 nitrogen and oxygen atoms in total. The first-order valence-electron chi connectivity index (χ1n) is 8.22. The van der Waals surface area contributed by atoms with Crippen LogP contribution in [0.5, 0.6) is 0 Å². The van der Waals surface area contributed by atoms with Crippen LogP contribution in [0.2, 0.25) is 0 Å². The SMILES string of the molecule is Cc1cccc(-c2ccc3c(NC(=O)c4cccc(F)c4)n[nH]c3c2)c1. The van der Waals surface area contributed by atoms with E-state index in [2.05, 4.69) is 40.6 Å². The van der Waals surface area contributed by atoms with E-state index in [-0.39, 0.29) is 5.56 Å². The molecular formula is C21H16FN3O. The van der Waals surface area contributed by atoms with Gasteiger partial charge in [0.1, 0.15) is 5.82 Å². The van der Waals surface area contributed by atoms with E-state index >= 15 is 0 Å². The van der Waals surface area contributed by atoms with E-state index < -0.39 is 11.7 Å². The number of benzene rings is 3. The monoisotopic (exact) mass is 345 g/mol. The Bertz CT molecular complexity index is 1120. The average molecular weight is 345 g/mol. The van der Waals surface area contributed by atoms with Crippen LogP contribution in [0.3, 0.4) is 0 Å². The minimum Gasteiger partial charge on any atom is -0.305 e. The second kappa shape index (κ2) is 6.44. The van der Waals surface area contributed by atoms with E-state index in [9.17, 15) is 9.18 Å².